The average Bonchev–Trinajstić information content (AvgIpc) is 2.66. The Morgan fingerprint density at radius 1 is 1.35 bits per heavy atom. The number of nitrogens with one attached hydrogen (secondary N) is 1. The lowest BCUT2D eigenvalue weighted by Crippen LogP contribution is -2.20. The van der Waals surface area contributed by atoms with Crippen LogP contribution in [0.5, 0.6) is 0 Å². The molecule has 1 rings (SSSR count). The van der Waals surface area contributed by atoms with Gasteiger partial charge in [0.1, 0.15) is 5.69 Å². The Bertz CT molecular complexity index is 319. The van der Waals surface area contributed by atoms with Crippen molar-refractivity contribution in [3.05, 3.63) is 17.5 Å². The third kappa shape index (κ3) is 3.73. The highest BCUT2D eigenvalue weighted by molar-refractivity contribution is 5.20. The number of nitrogens with zero attached hydrogens (tertiary/aromatic N) is 2. The van der Waals surface area contributed by atoms with Gasteiger partial charge < -0.3 is 5.32 Å². The van der Waals surface area contributed by atoms with Crippen molar-refractivity contribution in [2.45, 2.75) is 46.0 Å². The predicted octanol–water partition coefficient (Wildman–Crippen LogP) is 2.81. The van der Waals surface area contributed by atoms with Gasteiger partial charge in [-0.25, -0.2) is 0 Å². The van der Waals surface area contributed by atoms with Crippen LogP contribution < -0.4 is 5.32 Å². The second kappa shape index (κ2) is 6.05. The van der Waals surface area contributed by atoms with E-state index in [1.807, 2.05) is 13.8 Å². The number of hydrogen-bond donors (Lipinski definition) is 1. The molecule has 0 unspecified atom stereocenters. The third-order valence-corrected chi connectivity index (χ3v) is 2.47. The van der Waals surface area contributed by atoms with Crippen molar-refractivity contribution in [2.24, 2.45) is 0 Å². The Morgan fingerprint density at radius 3 is 2.59 bits per heavy atom. The number of rotatable bonds is 6. The van der Waals surface area contributed by atoms with E-state index in [0.717, 1.165) is 11.1 Å². The largest absolute Gasteiger partial charge is 0.433 e. The molecule has 1 heterocycles. The SMILES string of the molecule is CCCCn1ncc(CNCC)c1C(F)(F)F. The molecular formula is C11H18F3N3. The normalized spacial score (nSPS) is 12.1. The van der Waals surface area contributed by atoms with Crippen molar-refractivity contribution >= 4 is 0 Å². The molecule has 0 saturated heterocycles. The van der Waals surface area contributed by atoms with Gasteiger partial charge in [-0.05, 0) is 13.0 Å². The van der Waals surface area contributed by atoms with Crippen molar-refractivity contribution in [3.63, 3.8) is 0 Å². The lowest BCUT2D eigenvalue weighted by molar-refractivity contribution is -0.144. The zero-order valence-corrected chi connectivity index (χ0v) is 10.1. The van der Waals surface area contributed by atoms with Crippen molar-refractivity contribution < 1.29 is 13.2 Å². The van der Waals surface area contributed by atoms with Crippen molar-refractivity contribution in [3.8, 4) is 0 Å². The van der Waals surface area contributed by atoms with Gasteiger partial charge in [0.15, 0.2) is 0 Å². The monoisotopic (exact) mass is 249 g/mol. The second-order valence-electron chi connectivity index (χ2n) is 3.87. The van der Waals surface area contributed by atoms with E-state index >= 15 is 0 Å². The van der Waals surface area contributed by atoms with Crippen LogP contribution in [0.25, 0.3) is 0 Å². The fourth-order valence-corrected chi connectivity index (χ4v) is 1.62. The zero-order chi connectivity index (χ0) is 12.9. The lowest BCUT2D eigenvalue weighted by Gasteiger charge is -2.12. The molecule has 1 aromatic rings. The van der Waals surface area contributed by atoms with Crippen LogP contribution in [0.3, 0.4) is 0 Å². The van der Waals surface area contributed by atoms with Crippen LogP contribution in [0, 0.1) is 0 Å². The van der Waals surface area contributed by atoms with Crippen LogP contribution in [-0.4, -0.2) is 16.3 Å². The summed E-state index contributed by atoms with van der Waals surface area (Å²) < 4.78 is 39.8. The maximum Gasteiger partial charge on any atom is 0.433 e. The van der Waals surface area contributed by atoms with E-state index in [-0.39, 0.29) is 12.1 Å². The molecule has 98 valence electrons. The molecule has 1 aromatic heterocycles. The fraction of sp³-hybridized carbons (Fsp3) is 0.727. The Labute approximate surface area is 99.0 Å². The molecule has 0 atom stereocenters. The number of aromatic nitrogens is 2. The van der Waals surface area contributed by atoms with E-state index in [4.69, 9.17) is 0 Å². The molecule has 6 heteroatoms. The van der Waals surface area contributed by atoms with Crippen molar-refractivity contribution in [1.29, 1.82) is 0 Å². The molecule has 0 amide bonds. The van der Waals surface area contributed by atoms with Crippen LogP contribution in [0.2, 0.25) is 0 Å². The molecule has 0 bridgehead atoms. The molecule has 0 aliphatic carbocycles. The number of unbranched alkanes of at least 4 members (excludes halogenated alkanes) is 1. The highest BCUT2D eigenvalue weighted by atomic mass is 19.4. The summed E-state index contributed by atoms with van der Waals surface area (Å²) in [6, 6.07) is 0. The first kappa shape index (κ1) is 14.0. The zero-order valence-electron chi connectivity index (χ0n) is 10.1. The van der Waals surface area contributed by atoms with Gasteiger partial charge in [-0.15, -0.1) is 0 Å². The Morgan fingerprint density at radius 2 is 2.06 bits per heavy atom. The molecule has 0 fully saturated rings. The minimum atomic E-state index is -4.34. The number of aryl methyl sites for hydroxylation is 1. The van der Waals surface area contributed by atoms with Crippen LogP contribution in [0.15, 0.2) is 6.20 Å². The summed E-state index contributed by atoms with van der Waals surface area (Å²) in [5, 5.41) is 6.72. The molecule has 17 heavy (non-hydrogen) atoms. The number of alkyl halides is 3. The van der Waals surface area contributed by atoms with E-state index in [1.54, 1.807) is 0 Å². The van der Waals surface area contributed by atoms with Crippen LogP contribution in [-0.2, 0) is 19.3 Å². The number of hydrogen-bond acceptors (Lipinski definition) is 2. The topological polar surface area (TPSA) is 29.9 Å². The number of halogens is 3. The summed E-state index contributed by atoms with van der Waals surface area (Å²) in [4.78, 5) is 0. The van der Waals surface area contributed by atoms with E-state index in [2.05, 4.69) is 10.4 Å². The van der Waals surface area contributed by atoms with Crippen molar-refractivity contribution in [2.75, 3.05) is 6.54 Å². The van der Waals surface area contributed by atoms with Crippen LogP contribution in [0.1, 0.15) is 37.9 Å². The third-order valence-electron chi connectivity index (χ3n) is 2.47. The predicted molar refractivity (Wildman–Crippen MR) is 59.5 cm³/mol. The first-order valence-electron chi connectivity index (χ1n) is 5.83. The van der Waals surface area contributed by atoms with E-state index in [1.165, 1.54) is 6.20 Å². The van der Waals surface area contributed by atoms with Gasteiger partial charge in [0.25, 0.3) is 0 Å². The Balaban J connectivity index is 2.94. The summed E-state index contributed by atoms with van der Waals surface area (Å²) in [7, 11) is 0. The summed E-state index contributed by atoms with van der Waals surface area (Å²) in [5.41, 5.74) is -0.401. The van der Waals surface area contributed by atoms with Gasteiger partial charge in [-0.2, -0.15) is 18.3 Å². The van der Waals surface area contributed by atoms with E-state index in [0.29, 0.717) is 19.5 Å². The second-order valence-corrected chi connectivity index (χ2v) is 3.87. The Kier molecular flexibility index (Phi) is 4.99. The smallest absolute Gasteiger partial charge is 0.313 e. The van der Waals surface area contributed by atoms with E-state index < -0.39 is 11.9 Å². The van der Waals surface area contributed by atoms with Gasteiger partial charge in [0, 0.05) is 18.7 Å². The molecule has 0 aliphatic rings. The summed E-state index contributed by atoms with van der Waals surface area (Å²) in [6.45, 7) is 4.96. The Hall–Kier alpha value is -1.04. The molecule has 0 aliphatic heterocycles. The van der Waals surface area contributed by atoms with Crippen LogP contribution in [0.4, 0.5) is 13.2 Å². The molecule has 1 N–H and O–H groups in total. The van der Waals surface area contributed by atoms with Crippen LogP contribution >= 0.6 is 0 Å². The van der Waals surface area contributed by atoms with Gasteiger partial charge in [0.2, 0.25) is 0 Å². The molecule has 0 radical (unpaired) electrons. The molecule has 0 aromatic carbocycles. The average molecular weight is 249 g/mol. The molecule has 0 spiro atoms. The van der Waals surface area contributed by atoms with Gasteiger partial charge in [-0.1, -0.05) is 20.3 Å². The fourth-order valence-electron chi connectivity index (χ4n) is 1.62. The minimum Gasteiger partial charge on any atom is -0.313 e. The highest BCUT2D eigenvalue weighted by Crippen LogP contribution is 2.32. The standard InChI is InChI=1S/C11H18F3N3/c1-3-5-6-17-10(11(12,13)14)9(8-16-17)7-15-4-2/h8,15H,3-7H2,1-2H3. The molecular weight excluding hydrogens is 231 g/mol. The highest BCUT2D eigenvalue weighted by Gasteiger charge is 2.37. The lowest BCUT2D eigenvalue weighted by atomic mass is 10.2. The van der Waals surface area contributed by atoms with Crippen molar-refractivity contribution in [1.82, 2.24) is 15.1 Å². The maximum absolute atomic E-state index is 12.9. The summed E-state index contributed by atoms with van der Waals surface area (Å²) in [6.07, 6.45) is -1.48. The first-order valence-corrected chi connectivity index (χ1v) is 5.83. The minimum absolute atomic E-state index is 0.206. The maximum atomic E-state index is 12.9. The quantitative estimate of drug-likeness (QED) is 0.840. The van der Waals surface area contributed by atoms with Gasteiger partial charge >= 0.3 is 6.18 Å². The van der Waals surface area contributed by atoms with Gasteiger partial charge in [0.05, 0.1) is 6.20 Å². The summed E-state index contributed by atoms with van der Waals surface area (Å²) in [5.74, 6) is 0. The molecule has 3 nitrogen and oxygen atoms in total. The van der Waals surface area contributed by atoms with E-state index in [9.17, 15) is 13.2 Å². The summed E-state index contributed by atoms with van der Waals surface area (Å²) >= 11 is 0. The molecule has 0 saturated carbocycles. The van der Waals surface area contributed by atoms with Gasteiger partial charge in [-0.3, -0.25) is 4.68 Å². The first-order chi connectivity index (χ1) is 8.00.